The summed E-state index contributed by atoms with van der Waals surface area (Å²) >= 11 is 0. The summed E-state index contributed by atoms with van der Waals surface area (Å²) in [6.45, 7) is 7.33. The topological polar surface area (TPSA) is 30.0 Å². The van der Waals surface area contributed by atoms with Gasteiger partial charge in [-0.1, -0.05) is 12.1 Å². The average molecular weight is 369 g/mol. The first kappa shape index (κ1) is 18.3. The van der Waals surface area contributed by atoms with Crippen LogP contribution in [0.1, 0.15) is 18.4 Å². The number of nitrogens with zero attached hydrogens (tertiary/aromatic N) is 3. The van der Waals surface area contributed by atoms with Gasteiger partial charge in [0.1, 0.15) is 11.6 Å². The normalized spacial score (nSPS) is 22.1. The molecule has 4 rings (SSSR count). The second kappa shape index (κ2) is 8.28. The number of anilines is 1. The summed E-state index contributed by atoms with van der Waals surface area (Å²) in [6.07, 6.45) is 2.50. The van der Waals surface area contributed by atoms with Crippen molar-refractivity contribution in [2.24, 2.45) is 0 Å². The van der Waals surface area contributed by atoms with Crippen molar-refractivity contribution in [2.45, 2.75) is 25.4 Å². The molecule has 1 N–H and O–H groups in total. The summed E-state index contributed by atoms with van der Waals surface area (Å²) in [5.74, 6) is 0.155. The van der Waals surface area contributed by atoms with E-state index in [4.69, 9.17) is 0 Å². The summed E-state index contributed by atoms with van der Waals surface area (Å²) in [7, 11) is 0. The molecule has 0 spiro atoms. The molecule has 2 aliphatic rings. The van der Waals surface area contributed by atoms with Crippen molar-refractivity contribution in [3.05, 3.63) is 59.9 Å². The maximum absolute atomic E-state index is 13.1. The molecular formula is C22H28FN3O. The summed E-state index contributed by atoms with van der Waals surface area (Å²) < 4.78 is 13.1. The van der Waals surface area contributed by atoms with Crippen LogP contribution in [0.2, 0.25) is 0 Å². The van der Waals surface area contributed by atoms with Crippen LogP contribution < -0.4 is 4.90 Å². The monoisotopic (exact) mass is 369 g/mol. The van der Waals surface area contributed by atoms with Crippen molar-refractivity contribution in [3.8, 4) is 5.75 Å². The summed E-state index contributed by atoms with van der Waals surface area (Å²) in [5, 5.41) is 9.45. The lowest BCUT2D eigenvalue weighted by molar-refractivity contribution is 0.0887. The third-order valence-electron chi connectivity index (χ3n) is 5.85. The van der Waals surface area contributed by atoms with Crippen molar-refractivity contribution >= 4 is 5.69 Å². The number of hydrogen-bond acceptors (Lipinski definition) is 4. The molecule has 2 heterocycles. The Morgan fingerprint density at radius 2 is 1.59 bits per heavy atom. The van der Waals surface area contributed by atoms with Gasteiger partial charge in [-0.2, -0.15) is 0 Å². The van der Waals surface area contributed by atoms with Gasteiger partial charge in [0.2, 0.25) is 0 Å². The minimum absolute atomic E-state index is 0.173. The molecule has 2 aromatic rings. The van der Waals surface area contributed by atoms with Gasteiger partial charge in [0.25, 0.3) is 0 Å². The largest absolute Gasteiger partial charge is 0.508 e. The quantitative estimate of drug-likeness (QED) is 0.896. The van der Waals surface area contributed by atoms with Gasteiger partial charge in [0.15, 0.2) is 0 Å². The van der Waals surface area contributed by atoms with Crippen molar-refractivity contribution in [1.82, 2.24) is 9.80 Å². The number of rotatable bonds is 4. The van der Waals surface area contributed by atoms with E-state index < -0.39 is 0 Å². The van der Waals surface area contributed by atoms with E-state index in [0.29, 0.717) is 11.8 Å². The molecule has 0 bridgehead atoms. The van der Waals surface area contributed by atoms with Gasteiger partial charge in [-0.15, -0.1) is 0 Å². The molecule has 2 aliphatic heterocycles. The first-order chi connectivity index (χ1) is 13.2. The maximum Gasteiger partial charge on any atom is 0.123 e. The molecular weight excluding hydrogens is 341 g/mol. The van der Waals surface area contributed by atoms with E-state index in [-0.39, 0.29) is 5.82 Å². The fraction of sp³-hybridized carbons (Fsp3) is 0.455. The van der Waals surface area contributed by atoms with E-state index in [1.54, 1.807) is 24.3 Å². The van der Waals surface area contributed by atoms with Gasteiger partial charge in [0.05, 0.1) is 0 Å². The number of piperazine rings is 1. The zero-order valence-corrected chi connectivity index (χ0v) is 15.7. The molecule has 0 aliphatic carbocycles. The van der Waals surface area contributed by atoms with Gasteiger partial charge < -0.3 is 10.0 Å². The number of phenolic OH excluding ortho intramolecular Hbond substituents is 1. The van der Waals surface area contributed by atoms with E-state index in [9.17, 15) is 9.50 Å². The Hall–Kier alpha value is -2.11. The minimum Gasteiger partial charge on any atom is -0.508 e. The third-order valence-corrected chi connectivity index (χ3v) is 5.85. The van der Waals surface area contributed by atoms with Crippen LogP contribution >= 0.6 is 0 Å². The smallest absolute Gasteiger partial charge is 0.123 e. The van der Waals surface area contributed by atoms with Gasteiger partial charge in [-0.05, 0) is 61.3 Å². The molecule has 4 nitrogen and oxygen atoms in total. The maximum atomic E-state index is 13.1. The van der Waals surface area contributed by atoms with Gasteiger partial charge in [0, 0.05) is 51.0 Å². The second-order valence-corrected chi connectivity index (χ2v) is 7.70. The molecule has 0 aromatic heterocycles. The average Bonchev–Trinajstić information content (AvgIpc) is 2.71. The SMILES string of the molecule is Oc1ccc(CN2CCC[C@H](N3CCN(c4ccc(F)cc4)CC3)C2)cc1. The van der Waals surface area contributed by atoms with Crippen LogP contribution in [-0.4, -0.2) is 60.2 Å². The van der Waals surface area contributed by atoms with Gasteiger partial charge in [-0.3, -0.25) is 9.80 Å². The second-order valence-electron chi connectivity index (χ2n) is 7.70. The molecule has 27 heavy (non-hydrogen) atoms. The van der Waals surface area contributed by atoms with Crippen molar-refractivity contribution in [3.63, 3.8) is 0 Å². The number of phenols is 1. The van der Waals surface area contributed by atoms with Crippen LogP contribution in [0.4, 0.5) is 10.1 Å². The van der Waals surface area contributed by atoms with E-state index in [1.807, 2.05) is 24.3 Å². The molecule has 0 radical (unpaired) electrons. The highest BCUT2D eigenvalue weighted by atomic mass is 19.1. The zero-order valence-electron chi connectivity index (χ0n) is 15.7. The predicted octanol–water partition coefficient (Wildman–Crippen LogP) is 3.32. The fourth-order valence-electron chi connectivity index (χ4n) is 4.33. The molecule has 2 fully saturated rings. The minimum atomic E-state index is -0.173. The number of hydrogen-bond donors (Lipinski definition) is 1. The summed E-state index contributed by atoms with van der Waals surface area (Å²) in [4.78, 5) is 7.52. The summed E-state index contributed by atoms with van der Waals surface area (Å²) in [6, 6.07) is 15.0. The Kier molecular flexibility index (Phi) is 5.60. The molecule has 0 unspecified atom stereocenters. The van der Waals surface area contributed by atoms with E-state index in [1.165, 1.54) is 18.4 Å². The van der Waals surface area contributed by atoms with Crippen molar-refractivity contribution < 1.29 is 9.50 Å². The zero-order chi connectivity index (χ0) is 18.6. The van der Waals surface area contributed by atoms with Crippen LogP contribution in [0.3, 0.4) is 0 Å². The number of likely N-dealkylation sites (tertiary alicyclic amines) is 1. The first-order valence-electron chi connectivity index (χ1n) is 9.92. The fourth-order valence-corrected chi connectivity index (χ4v) is 4.33. The van der Waals surface area contributed by atoms with Crippen LogP contribution in [0, 0.1) is 5.82 Å². The lowest BCUT2D eigenvalue weighted by atomic mass is 10.0. The van der Waals surface area contributed by atoms with Gasteiger partial charge >= 0.3 is 0 Å². The summed E-state index contributed by atoms with van der Waals surface area (Å²) in [5.41, 5.74) is 2.38. The van der Waals surface area contributed by atoms with Crippen LogP contribution in [-0.2, 0) is 6.54 Å². The molecule has 0 saturated carbocycles. The Morgan fingerprint density at radius 1 is 0.889 bits per heavy atom. The Bertz CT molecular complexity index is 726. The van der Waals surface area contributed by atoms with E-state index in [0.717, 1.165) is 51.5 Å². The molecule has 5 heteroatoms. The van der Waals surface area contributed by atoms with Crippen molar-refractivity contribution in [2.75, 3.05) is 44.2 Å². The molecule has 2 saturated heterocycles. The Balaban J connectivity index is 1.30. The van der Waals surface area contributed by atoms with Gasteiger partial charge in [-0.25, -0.2) is 4.39 Å². The third kappa shape index (κ3) is 4.60. The molecule has 1 atom stereocenters. The molecule has 0 amide bonds. The van der Waals surface area contributed by atoms with Crippen LogP contribution in [0.15, 0.2) is 48.5 Å². The highest BCUT2D eigenvalue weighted by molar-refractivity contribution is 5.46. The standard InChI is InChI=1S/C22H28FN3O/c23-19-5-7-20(8-6-19)25-12-14-26(15-13-25)21-2-1-11-24(17-21)16-18-3-9-22(27)10-4-18/h3-10,21,27H,1-2,11-17H2/t21-/m0/s1. The highest BCUT2D eigenvalue weighted by Crippen LogP contribution is 2.22. The van der Waals surface area contributed by atoms with Crippen molar-refractivity contribution in [1.29, 1.82) is 0 Å². The van der Waals surface area contributed by atoms with E-state index >= 15 is 0 Å². The first-order valence-corrected chi connectivity index (χ1v) is 9.92. The van der Waals surface area contributed by atoms with E-state index in [2.05, 4.69) is 14.7 Å². The van der Waals surface area contributed by atoms with Crippen LogP contribution in [0.25, 0.3) is 0 Å². The highest BCUT2D eigenvalue weighted by Gasteiger charge is 2.28. The lowest BCUT2D eigenvalue weighted by Gasteiger charge is -2.44. The van der Waals surface area contributed by atoms with Crippen LogP contribution in [0.5, 0.6) is 5.75 Å². The molecule has 144 valence electrons. The number of halogens is 1. The molecule has 2 aromatic carbocycles. The predicted molar refractivity (Wildman–Crippen MR) is 107 cm³/mol. The Morgan fingerprint density at radius 3 is 2.30 bits per heavy atom. The lowest BCUT2D eigenvalue weighted by Crippen LogP contribution is -2.55. The number of aromatic hydroxyl groups is 1. The Labute approximate surface area is 160 Å². The number of piperidine rings is 1. The number of benzene rings is 2.